The number of benzene rings is 2. The van der Waals surface area contributed by atoms with Gasteiger partial charge in [0, 0.05) is 13.1 Å². The van der Waals surface area contributed by atoms with Crippen LogP contribution in [-0.4, -0.2) is 43.0 Å². The first-order valence-electron chi connectivity index (χ1n) is 10.1. The van der Waals surface area contributed by atoms with Crippen LogP contribution in [0, 0.1) is 34.6 Å². The summed E-state index contributed by atoms with van der Waals surface area (Å²) in [5.74, 6) is 0.107. The van der Waals surface area contributed by atoms with Crippen LogP contribution < -0.4 is 4.90 Å². The number of hydrogen-bond donors (Lipinski definition) is 0. The van der Waals surface area contributed by atoms with Crippen molar-refractivity contribution in [1.29, 1.82) is 0 Å². The third-order valence-electron chi connectivity index (χ3n) is 5.54. The van der Waals surface area contributed by atoms with E-state index in [0.29, 0.717) is 13.0 Å². The molecule has 0 radical (unpaired) electrons. The fourth-order valence-electron chi connectivity index (χ4n) is 3.69. The van der Waals surface area contributed by atoms with E-state index in [1.807, 2.05) is 19.0 Å². The summed E-state index contributed by atoms with van der Waals surface area (Å²) in [7, 11) is 4.06. The highest BCUT2D eigenvalue weighted by Gasteiger charge is 2.22. The number of carbonyl (C=O) groups is 1. The molecule has 0 aliphatic carbocycles. The monoisotopic (exact) mass is 445 g/mol. The Morgan fingerprint density at radius 1 is 0.967 bits per heavy atom. The number of fused-ring (bicyclic) bond motifs is 1. The lowest BCUT2D eigenvalue weighted by molar-refractivity contribution is -0.118. The Bertz CT molecular complexity index is 1040. The van der Waals surface area contributed by atoms with Crippen molar-refractivity contribution in [2.24, 2.45) is 0 Å². The summed E-state index contributed by atoms with van der Waals surface area (Å²) in [5.41, 5.74) is 8.15. The van der Waals surface area contributed by atoms with Crippen molar-refractivity contribution in [2.45, 2.75) is 41.0 Å². The molecule has 0 saturated heterocycles. The lowest BCUT2D eigenvalue weighted by atomic mass is 9.97. The maximum absolute atomic E-state index is 13.4. The molecule has 0 bridgehead atoms. The van der Waals surface area contributed by atoms with E-state index >= 15 is 0 Å². The molecule has 162 valence electrons. The van der Waals surface area contributed by atoms with Crippen LogP contribution >= 0.6 is 23.7 Å². The van der Waals surface area contributed by atoms with Crippen LogP contribution in [0.4, 0.5) is 5.13 Å². The first-order valence-corrected chi connectivity index (χ1v) is 10.9. The lowest BCUT2D eigenvalue weighted by Crippen LogP contribution is -2.37. The van der Waals surface area contributed by atoms with Gasteiger partial charge in [0.1, 0.15) is 0 Å². The molecule has 0 unspecified atom stereocenters. The molecule has 0 saturated carbocycles. The number of likely N-dealkylation sites (N-methyl/N-ethyl adjacent to an activating group) is 1. The van der Waals surface area contributed by atoms with Gasteiger partial charge in [-0.05, 0) is 82.6 Å². The topological polar surface area (TPSA) is 36.4 Å². The number of amides is 1. The Morgan fingerprint density at radius 2 is 1.60 bits per heavy atom. The number of nitrogens with zero attached hydrogens (tertiary/aromatic N) is 3. The summed E-state index contributed by atoms with van der Waals surface area (Å²) in [6, 6.07) is 8.56. The second-order valence-electron chi connectivity index (χ2n) is 8.25. The molecule has 3 aromatic rings. The molecule has 0 aliphatic heterocycles. The smallest absolute Gasteiger partial charge is 0.233 e. The van der Waals surface area contributed by atoms with Gasteiger partial charge in [0.25, 0.3) is 0 Å². The molecule has 6 heteroatoms. The third kappa shape index (κ3) is 5.20. The number of thiazole rings is 1. The van der Waals surface area contributed by atoms with Crippen molar-refractivity contribution in [2.75, 3.05) is 32.1 Å². The van der Waals surface area contributed by atoms with Crippen LogP contribution in [0.1, 0.15) is 33.4 Å². The summed E-state index contributed by atoms with van der Waals surface area (Å²) in [6.45, 7) is 11.9. The van der Waals surface area contributed by atoms with Crippen LogP contribution in [-0.2, 0) is 11.2 Å². The van der Waals surface area contributed by atoms with Crippen LogP contribution in [0.15, 0.2) is 24.3 Å². The second-order valence-corrected chi connectivity index (χ2v) is 9.26. The molecule has 1 aromatic heterocycles. The van der Waals surface area contributed by atoms with E-state index in [-0.39, 0.29) is 18.3 Å². The van der Waals surface area contributed by atoms with E-state index in [1.54, 1.807) is 11.3 Å². The SMILES string of the molecule is Cc1cc(C)c(CC(=O)N(CCN(C)C)c2nc3c(C)c(C)ccc3s2)c(C)c1.Cl. The zero-order valence-corrected chi connectivity index (χ0v) is 20.6. The Hall–Kier alpha value is -1.95. The molecule has 0 aliphatic rings. The van der Waals surface area contributed by atoms with Gasteiger partial charge in [-0.1, -0.05) is 35.1 Å². The predicted octanol–water partition coefficient (Wildman–Crippen LogP) is 5.40. The summed E-state index contributed by atoms with van der Waals surface area (Å²) in [4.78, 5) is 22.3. The summed E-state index contributed by atoms with van der Waals surface area (Å²) >= 11 is 1.61. The van der Waals surface area contributed by atoms with Gasteiger partial charge >= 0.3 is 0 Å². The van der Waals surface area contributed by atoms with Crippen molar-refractivity contribution >= 4 is 45.0 Å². The predicted molar refractivity (Wildman–Crippen MR) is 132 cm³/mol. The Labute approximate surface area is 190 Å². The first kappa shape index (κ1) is 24.3. The maximum Gasteiger partial charge on any atom is 0.233 e. The number of aromatic nitrogens is 1. The summed E-state index contributed by atoms with van der Waals surface area (Å²) < 4.78 is 1.13. The van der Waals surface area contributed by atoms with Gasteiger partial charge in [0.2, 0.25) is 5.91 Å². The number of rotatable bonds is 6. The molecule has 0 spiro atoms. The highest BCUT2D eigenvalue weighted by molar-refractivity contribution is 7.22. The largest absolute Gasteiger partial charge is 0.308 e. The molecular formula is C24H32ClN3OS. The molecule has 1 heterocycles. The van der Waals surface area contributed by atoms with Crippen LogP contribution in [0.25, 0.3) is 10.2 Å². The highest BCUT2D eigenvalue weighted by Crippen LogP contribution is 2.32. The van der Waals surface area contributed by atoms with Crippen molar-refractivity contribution in [3.63, 3.8) is 0 Å². The van der Waals surface area contributed by atoms with Gasteiger partial charge in [0.15, 0.2) is 5.13 Å². The van der Waals surface area contributed by atoms with Crippen molar-refractivity contribution in [3.8, 4) is 0 Å². The fourth-order valence-corrected chi connectivity index (χ4v) is 4.76. The van der Waals surface area contributed by atoms with Gasteiger partial charge < -0.3 is 4.90 Å². The summed E-state index contributed by atoms with van der Waals surface area (Å²) in [6.07, 6.45) is 0.402. The van der Waals surface area contributed by atoms with Gasteiger partial charge in [-0.15, -0.1) is 12.4 Å². The number of halogens is 1. The lowest BCUT2D eigenvalue weighted by Gasteiger charge is -2.23. The molecule has 0 fully saturated rings. The second kappa shape index (κ2) is 9.90. The van der Waals surface area contributed by atoms with E-state index in [4.69, 9.17) is 4.98 Å². The Kier molecular flexibility index (Phi) is 8.03. The number of hydrogen-bond acceptors (Lipinski definition) is 4. The zero-order chi connectivity index (χ0) is 21.3. The van der Waals surface area contributed by atoms with Crippen LogP contribution in [0.3, 0.4) is 0 Å². The minimum Gasteiger partial charge on any atom is -0.308 e. The first-order chi connectivity index (χ1) is 13.7. The Morgan fingerprint density at radius 3 is 2.20 bits per heavy atom. The van der Waals surface area contributed by atoms with Crippen LogP contribution in [0.5, 0.6) is 0 Å². The Balaban J connectivity index is 0.00000320. The molecular weight excluding hydrogens is 414 g/mol. The standard InChI is InChI=1S/C24H31N3OS.ClH/c1-15-12-17(3)20(18(4)13-15)14-22(28)27(11-10-26(6)7)24-25-23-19(5)16(2)8-9-21(23)29-24;/h8-9,12-13H,10-11,14H2,1-7H3;1H. The maximum atomic E-state index is 13.4. The molecule has 1 amide bonds. The van der Waals surface area contributed by atoms with Gasteiger partial charge in [-0.3, -0.25) is 9.69 Å². The average molecular weight is 446 g/mol. The van der Waals surface area contributed by atoms with Crippen molar-refractivity contribution in [1.82, 2.24) is 9.88 Å². The third-order valence-corrected chi connectivity index (χ3v) is 6.59. The molecule has 0 atom stereocenters. The van der Waals surface area contributed by atoms with Gasteiger partial charge in [-0.2, -0.15) is 0 Å². The van der Waals surface area contributed by atoms with E-state index in [2.05, 4.69) is 63.8 Å². The number of carbonyl (C=O) groups excluding carboxylic acids is 1. The number of anilines is 1. The molecule has 2 aromatic carbocycles. The van der Waals surface area contributed by atoms with E-state index < -0.39 is 0 Å². The average Bonchev–Trinajstić information content (AvgIpc) is 3.06. The minimum atomic E-state index is 0. The minimum absolute atomic E-state index is 0. The van der Waals surface area contributed by atoms with E-state index in [0.717, 1.165) is 27.5 Å². The summed E-state index contributed by atoms with van der Waals surface area (Å²) in [5, 5.41) is 0.794. The van der Waals surface area contributed by atoms with Gasteiger partial charge in [-0.25, -0.2) is 4.98 Å². The molecule has 0 N–H and O–H groups in total. The van der Waals surface area contributed by atoms with E-state index in [1.165, 1.54) is 27.8 Å². The highest BCUT2D eigenvalue weighted by atomic mass is 35.5. The molecule has 3 rings (SSSR count). The quantitative estimate of drug-likeness (QED) is 0.509. The molecule has 30 heavy (non-hydrogen) atoms. The van der Waals surface area contributed by atoms with Gasteiger partial charge in [0.05, 0.1) is 16.6 Å². The zero-order valence-electron chi connectivity index (χ0n) is 19.0. The molecule has 4 nitrogen and oxygen atoms in total. The van der Waals surface area contributed by atoms with Crippen molar-refractivity contribution in [3.05, 3.63) is 57.6 Å². The normalized spacial score (nSPS) is 11.1. The van der Waals surface area contributed by atoms with E-state index in [9.17, 15) is 4.79 Å². The number of aryl methyl sites for hydroxylation is 5. The van der Waals surface area contributed by atoms with Crippen LogP contribution in [0.2, 0.25) is 0 Å². The fraction of sp³-hybridized carbons (Fsp3) is 0.417. The van der Waals surface area contributed by atoms with Crippen molar-refractivity contribution < 1.29 is 4.79 Å².